The van der Waals surface area contributed by atoms with Crippen LogP contribution in [0.4, 0.5) is 4.39 Å². The smallest absolute Gasteiger partial charge is 0.162 e. The van der Waals surface area contributed by atoms with Crippen molar-refractivity contribution in [2.24, 2.45) is 0 Å². The van der Waals surface area contributed by atoms with Gasteiger partial charge in [-0.2, -0.15) is 5.26 Å². The molecule has 0 spiro atoms. The zero-order chi connectivity index (χ0) is 11.3. The Morgan fingerprint density at radius 2 is 2.27 bits per heavy atom. The van der Waals surface area contributed by atoms with E-state index in [9.17, 15) is 9.18 Å². The van der Waals surface area contributed by atoms with E-state index in [-0.39, 0.29) is 17.8 Å². The zero-order valence-electron chi connectivity index (χ0n) is 8.17. The third kappa shape index (κ3) is 2.93. The zero-order valence-corrected chi connectivity index (χ0v) is 8.17. The van der Waals surface area contributed by atoms with E-state index in [1.54, 1.807) is 0 Å². The molecule has 0 saturated carbocycles. The van der Waals surface area contributed by atoms with Crippen molar-refractivity contribution in [3.05, 3.63) is 35.1 Å². The number of nitrogens with zero attached hydrogens (tertiary/aromatic N) is 1. The highest BCUT2D eigenvalue weighted by Crippen LogP contribution is 2.10. The fraction of sp³-hybridized carbons (Fsp3) is 0.167. The fourth-order valence-electron chi connectivity index (χ4n) is 1.06. The van der Waals surface area contributed by atoms with Gasteiger partial charge in [0.1, 0.15) is 5.82 Å². The molecule has 0 aliphatic carbocycles. The van der Waals surface area contributed by atoms with Gasteiger partial charge >= 0.3 is 0 Å². The molecule has 0 saturated heterocycles. The van der Waals surface area contributed by atoms with Crippen molar-refractivity contribution in [3.63, 3.8) is 0 Å². The van der Waals surface area contributed by atoms with Gasteiger partial charge in [0.05, 0.1) is 18.1 Å². The van der Waals surface area contributed by atoms with Crippen molar-refractivity contribution in [1.29, 1.82) is 5.26 Å². The van der Waals surface area contributed by atoms with Crippen LogP contribution in [0.5, 0.6) is 0 Å². The molecule has 0 fully saturated rings. The average Bonchev–Trinajstić information content (AvgIpc) is 2.20. The number of hydrogen-bond acceptors (Lipinski definition) is 2. The van der Waals surface area contributed by atoms with Gasteiger partial charge in [0, 0.05) is 5.56 Å². The number of Topliss-reactive ketones (excluding diaryl/α,β-unsaturated/α-hetero) is 1. The number of hydrogen-bond donors (Lipinski definition) is 0. The summed E-state index contributed by atoms with van der Waals surface area (Å²) in [5.41, 5.74) is 0.565. The third-order valence-electron chi connectivity index (χ3n) is 1.75. The lowest BCUT2D eigenvalue weighted by atomic mass is 10.1. The van der Waals surface area contributed by atoms with Gasteiger partial charge < -0.3 is 0 Å². The number of halogens is 1. The summed E-state index contributed by atoms with van der Waals surface area (Å²) in [6, 6.07) is 5.94. The van der Waals surface area contributed by atoms with E-state index in [4.69, 9.17) is 5.26 Å². The molecule has 15 heavy (non-hydrogen) atoms. The number of carbonyl (C=O) groups excluding carboxylic acids is 1. The molecule has 0 heterocycles. The van der Waals surface area contributed by atoms with Crippen LogP contribution in [0.25, 0.3) is 0 Å². The quantitative estimate of drug-likeness (QED) is 0.516. The molecule has 0 bridgehead atoms. The van der Waals surface area contributed by atoms with Crippen LogP contribution in [0, 0.1) is 29.0 Å². The molecule has 0 N–H and O–H groups in total. The van der Waals surface area contributed by atoms with Crippen LogP contribution in [0.15, 0.2) is 18.2 Å². The molecule has 1 rings (SSSR count). The Kier molecular flexibility index (Phi) is 3.60. The maximum absolute atomic E-state index is 13.1. The Morgan fingerprint density at radius 3 is 2.87 bits per heavy atom. The molecule has 2 nitrogen and oxygen atoms in total. The topological polar surface area (TPSA) is 40.9 Å². The van der Waals surface area contributed by atoms with Gasteiger partial charge in [-0.05, 0) is 25.1 Å². The van der Waals surface area contributed by atoms with Crippen LogP contribution in [0.1, 0.15) is 29.3 Å². The minimum atomic E-state index is -0.548. The summed E-state index contributed by atoms with van der Waals surface area (Å²) in [7, 11) is 0. The van der Waals surface area contributed by atoms with Crippen LogP contribution in [-0.4, -0.2) is 5.78 Å². The summed E-state index contributed by atoms with van der Waals surface area (Å²) < 4.78 is 13.1. The number of rotatable bonds is 1. The molecule has 0 aliphatic rings. The maximum Gasteiger partial charge on any atom is 0.162 e. The molecule has 1 aromatic rings. The standard InChI is InChI=1S/C12H8FNO/c1-9(15)11-8-10(4-2-3-7-14)5-6-12(11)13/h5-6,8H,3H2,1H3. The van der Waals surface area contributed by atoms with E-state index in [1.165, 1.54) is 25.1 Å². The number of carbonyl (C=O) groups is 1. The summed E-state index contributed by atoms with van der Waals surface area (Å²) in [6.07, 6.45) is 0.118. The lowest BCUT2D eigenvalue weighted by Crippen LogP contribution is -1.97. The minimum absolute atomic E-state index is 0.0266. The average molecular weight is 201 g/mol. The second-order valence-corrected chi connectivity index (χ2v) is 2.89. The Bertz CT molecular complexity index is 489. The Balaban J connectivity index is 3.05. The molecule has 0 radical (unpaired) electrons. The largest absolute Gasteiger partial charge is 0.294 e. The highest BCUT2D eigenvalue weighted by Gasteiger charge is 2.06. The second-order valence-electron chi connectivity index (χ2n) is 2.89. The molecular weight excluding hydrogens is 193 g/mol. The van der Waals surface area contributed by atoms with Crippen molar-refractivity contribution < 1.29 is 9.18 Å². The van der Waals surface area contributed by atoms with Gasteiger partial charge in [0.15, 0.2) is 5.78 Å². The monoisotopic (exact) mass is 201 g/mol. The molecule has 0 aromatic heterocycles. The summed E-state index contributed by atoms with van der Waals surface area (Å²) in [4.78, 5) is 11.0. The van der Waals surface area contributed by atoms with Crippen LogP contribution >= 0.6 is 0 Å². The molecule has 3 heteroatoms. The molecule has 1 aromatic carbocycles. The highest BCUT2D eigenvalue weighted by molar-refractivity contribution is 5.94. The van der Waals surface area contributed by atoms with Gasteiger partial charge in [-0.15, -0.1) is 0 Å². The fourth-order valence-corrected chi connectivity index (χ4v) is 1.06. The molecule has 0 amide bonds. The lowest BCUT2D eigenvalue weighted by molar-refractivity contribution is 0.101. The molecule has 0 aliphatic heterocycles. The summed E-state index contributed by atoms with van der Waals surface area (Å²) >= 11 is 0. The van der Waals surface area contributed by atoms with Crippen molar-refractivity contribution in [3.8, 4) is 17.9 Å². The van der Waals surface area contributed by atoms with Crippen LogP contribution in [0.2, 0.25) is 0 Å². The van der Waals surface area contributed by atoms with Gasteiger partial charge in [-0.3, -0.25) is 4.79 Å². The van der Waals surface area contributed by atoms with Gasteiger partial charge in [0.25, 0.3) is 0 Å². The first-order valence-corrected chi connectivity index (χ1v) is 4.31. The number of ketones is 1. The van der Waals surface area contributed by atoms with Gasteiger partial charge in [-0.1, -0.05) is 11.8 Å². The number of benzene rings is 1. The van der Waals surface area contributed by atoms with Crippen molar-refractivity contribution in [2.45, 2.75) is 13.3 Å². The van der Waals surface area contributed by atoms with E-state index < -0.39 is 5.82 Å². The van der Waals surface area contributed by atoms with Crippen molar-refractivity contribution in [1.82, 2.24) is 0 Å². The molecule has 74 valence electrons. The van der Waals surface area contributed by atoms with E-state index >= 15 is 0 Å². The Labute approximate surface area is 87.3 Å². The van der Waals surface area contributed by atoms with E-state index in [2.05, 4.69) is 11.8 Å². The van der Waals surface area contributed by atoms with Gasteiger partial charge in [-0.25, -0.2) is 4.39 Å². The predicted molar refractivity (Wildman–Crippen MR) is 53.5 cm³/mol. The predicted octanol–water partition coefficient (Wildman–Crippen LogP) is 2.29. The Hall–Kier alpha value is -2.13. The van der Waals surface area contributed by atoms with Crippen LogP contribution in [0.3, 0.4) is 0 Å². The first-order valence-electron chi connectivity index (χ1n) is 4.31. The van der Waals surface area contributed by atoms with Crippen LogP contribution in [-0.2, 0) is 0 Å². The summed E-state index contributed by atoms with van der Waals surface area (Å²) in [6.45, 7) is 1.30. The summed E-state index contributed by atoms with van der Waals surface area (Å²) in [5, 5.41) is 8.26. The Morgan fingerprint density at radius 1 is 1.53 bits per heavy atom. The van der Waals surface area contributed by atoms with Crippen molar-refractivity contribution in [2.75, 3.05) is 0 Å². The van der Waals surface area contributed by atoms with Crippen LogP contribution < -0.4 is 0 Å². The molecule has 0 atom stereocenters. The normalized spacial score (nSPS) is 8.60. The van der Waals surface area contributed by atoms with Gasteiger partial charge in [0.2, 0.25) is 0 Å². The lowest BCUT2D eigenvalue weighted by Gasteiger charge is -1.98. The first kappa shape index (κ1) is 10.9. The molecule has 0 unspecified atom stereocenters. The highest BCUT2D eigenvalue weighted by atomic mass is 19.1. The summed E-state index contributed by atoms with van der Waals surface area (Å²) in [5.74, 6) is 4.38. The maximum atomic E-state index is 13.1. The third-order valence-corrected chi connectivity index (χ3v) is 1.75. The minimum Gasteiger partial charge on any atom is -0.294 e. The van der Waals surface area contributed by atoms with Crippen molar-refractivity contribution >= 4 is 5.78 Å². The number of nitriles is 1. The van der Waals surface area contributed by atoms with E-state index in [0.717, 1.165) is 0 Å². The van der Waals surface area contributed by atoms with E-state index in [0.29, 0.717) is 5.56 Å². The van der Waals surface area contributed by atoms with E-state index in [1.807, 2.05) is 6.07 Å². The molecular formula is C12H8FNO. The SMILES string of the molecule is CC(=O)c1cc(C#CCC#N)ccc1F. The second kappa shape index (κ2) is 4.93. The first-order chi connectivity index (χ1) is 7.15.